The van der Waals surface area contributed by atoms with Crippen molar-refractivity contribution in [1.82, 2.24) is 5.32 Å². The van der Waals surface area contributed by atoms with Gasteiger partial charge in [-0.2, -0.15) is 0 Å². The molecule has 0 saturated heterocycles. The molecule has 1 aromatic carbocycles. The van der Waals surface area contributed by atoms with Gasteiger partial charge >= 0.3 is 5.97 Å². The lowest BCUT2D eigenvalue weighted by Crippen LogP contribution is -2.48. The minimum Gasteiger partial charge on any atom is -0.480 e. The van der Waals surface area contributed by atoms with Crippen molar-refractivity contribution >= 4 is 21.9 Å². The molecule has 3 nitrogen and oxygen atoms in total. The Morgan fingerprint density at radius 3 is 2.65 bits per heavy atom. The lowest BCUT2D eigenvalue weighted by Gasteiger charge is -2.28. The monoisotopic (exact) mass is 299 g/mol. The molecule has 0 spiro atoms. The number of aliphatic carboxylic acids is 1. The van der Waals surface area contributed by atoms with Gasteiger partial charge in [-0.15, -0.1) is 0 Å². The highest BCUT2D eigenvalue weighted by atomic mass is 79.9. The number of hydrogen-bond acceptors (Lipinski definition) is 2. The second-order valence-corrected chi connectivity index (χ2v) is 5.63. The highest BCUT2D eigenvalue weighted by molar-refractivity contribution is 9.10. The van der Waals surface area contributed by atoms with E-state index in [0.717, 1.165) is 10.0 Å². The number of rotatable bonds is 5. The van der Waals surface area contributed by atoms with E-state index < -0.39 is 11.5 Å². The molecule has 0 radical (unpaired) electrons. The third-order valence-corrected chi connectivity index (χ3v) is 3.19. The summed E-state index contributed by atoms with van der Waals surface area (Å²) in [5.74, 6) is -0.461. The summed E-state index contributed by atoms with van der Waals surface area (Å²) in [4.78, 5) is 11.5. The van der Waals surface area contributed by atoms with Crippen molar-refractivity contribution in [3.63, 3.8) is 0 Å². The number of carbonyl (C=O) groups is 1. The van der Waals surface area contributed by atoms with Gasteiger partial charge in [-0.05, 0) is 37.1 Å². The first-order valence-electron chi connectivity index (χ1n) is 5.60. The first-order valence-corrected chi connectivity index (χ1v) is 6.40. The number of carboxylic acid groups (broad SMARTS) is 1. The Hall–Kier alpha value is -0.870. The fourth-order valence-corrected chi connectivity index (χ4v) is 1.91. The molecule has 0 heterocycles. The van der Waals surface area contributed by atoms with Crippen LogP contribution in [-0.2, 0) is 10.3 Å². The van der Waals surface area contributed by atoms with Crippen molar-refractivity contribution in [1.29, 1.82) is 0 Å². The van der Waals surface area contributed by atoms with Crippen LogP contribution in [0.15, 0.2) is 28.7 Å². The van der Waals surface area contributed by atoms with E-state index in [9.17, 15) is 9.90 Å². The van der Waals surface area contributed by atoms with Crippen molar-refractivity contribution in [2.24, 2.45) is 5.92 Å². The lowest BCUT2D eigenvalue weighted by molar-refractivity contribution is -0.144. The second kappa shape index (κ2) is 5.65. The third kappa shape index (κ3) is 3.54. The maximum Gasteiger partial charge on any atom is 0.328 e. The molecule has 1 rings (SSSR count). The van der Waals surface area contributed by atoms with Crippen LogP contribution in [0.3, 0.4) is 0 Å². The average Bonchev–Trinajstić information content (AvgIpc) is 2.25. The Morgan fingerprint density at radius 2 is 2.18 bits per heavy atom. The second-order valence-electron chi connectivity index (χ2n) is 4.72. The van der Waals surface area contributed by atoms with Gasteiger partial charge in [0.1, 0.15) is 5.54 Å². The lowest BCUT2D eigenvalue weighted by atomic mass is 9.91. The zero-order valence-electron chi connectivity index (χ0n) is 10.3. The Labute approximate surface area is 110 Å². The molecule has 1 aromatic rings. The highest BCUT2D eigenvalue weighted by Crippen LogP contribution is 2.24. The standard InChI is InChI=1S/C13H18BrNO2/c1-9(2)8-15-13(3,12(16)17)10-5-4-6-11(14)7-10/h4-7,9,15H,8H2,1-3H3,(H,16,17). The number of carboxylic acids is 1. The minimum atomic E-state index is -1.05. The summed E-state index contributed by atoms with van der Waals surface area (Å²) in [6, 6.07) is 7.39. The molecule has 4 heteroatoms. The molecule has 0 fully saturated rings. The quantitative estimate of drug-likeness (QED) is 0.879. The topological polar surface area (TPSA) is 49.3 Å². The van der Waals surface area contributed by atoms with E-state index in [1.807, 2.05) is 24.3 Å². The molecule has 17 heavy (non-hydrogen) atoms. The molecule has 0 saturated carbocycles. The third-order valence-electron chi connectivity index (χ3n) is 2.69. The van der Waals surface area contributed by atoms with E-state index >= 15 is 0 Å². The van der Waals surface area contributed by atoms with E-state index in [0.29, 0.717) is 12.5 Å². The smallest absolute Gasteiger partial charge is 0.328 e. The molecule has 0 aliphatic carbocycles. The van der Waals surface area contributed by atoms with E-state index in [4.69, 9.17) is 0 Å². The summed E-state index contributed by atoms with van der Waals surface area (Å²) in [6.07, 6.45) is 0. The first-order chi connectivity index (χ1) is 7.86. The Bertz CT molecular complexity index is 406. The van der Waals surface area contributed by atoms with E-state index in [2.05, 4.69) is 35.1 Å². The Kier molecular flexibility index (Phi) is 4.71. The summed E-state index contributed by atoms with van der Waals surface area (Å²) in [5.41, 5.74) is -0.298. The van der Waals surface area contributed by atoms with Crippen LogP contribution >= 0.6 is 15.9 Å². The fraction of sp³-hybridized carbons (Fsp3) is 0.462. The van der Waals surface area contributed by atoms with Gasteiger partial charge in [0.25, 0.3) is 0 Å². The normalized spacial score (nSPS) is 14.6. The maximum absolute atomic E-state index is 11.5. The molecule has 0 amide bonds. The number of hydrogen-bond donors (Lipinski definition) is 2. The Balaban J connectivity index is 3.03. The fourth-order valence-electron chi connectivity index (χ4n) is 1.51. The largest absolute Gasteiger partial charge is 0.480 e. The van der Waals surface area contributed by atoms with E-state index in [1.165, 1.54) is 0 Å². The number of benzene rings is 1. The van der Waals surface area contributed by atoms with Crippen LogP contribution in [0.5, 0.6) is 0 Å². The molecule has 0 aromatic heterocycles. The van der Waals surface area contributed by atoms with Gasteiger partial charge in [-0.25, -0.2) is 4.79 Å². The van der Waals surface area contributed by atoms with Gasteiger partial charge in [0.2, 0.25) is 0 Å². The Morgan fingerprint density at radius 1 is 1.53 bits per heavy atom. The molecular weight excluding hydrogens is 282 g/mol. The maximum atomic E-state index is 11.5. The summed E-state index contributed by atoms with van der Waals surface area (Å²) >= 11 is 3.36. The average molecular weight is 300 g/mol. The van der Waals surface area contributed by atoms with Crippen LogP contribution in [0.2, 0.25) is 0 Å². The zero-order valence-corrected chi connectivity index (χ0v) is 11.9. The van der Waals surface area contributed by atoms with Crippen LogP contribution in [0.1, 0.15) is 26.3 Å². The van der Waals surface area contributed by atoms with Crippen LogP contribution in [0.4, 0.5) is 0 Å². The van der Waals surface area contributed by atoms with Gasteiger partial charge in [0, 0.05) is 4.47 Å². The predicted octanol–water partition coefficient (Wildman–Crippen LogP) is 2.99. The van der Waals surface area contributed by atoms with Gasteiger partial charge in [-0.1, -0.05) is 41.9 Å². The zero-order chi connectivity index (χ0) is 13.1. The van der Waals surface area contributed by atoms with Gasteiger partial charge in [0.05, 0.1) is 0 Å². The molecule has 1 unspecified atom stereocenters. The van der Waals surface area contributed by atoms with Crippen LogP contribution in [-0.4, -0.2) is 17.6 Å². The molecule has 94 valence electrons. The van der Waals surface area contributed by atoms with E-state index in [1.54, 1.807) is 6.92 Å². The number of nitrogens with one attached hydrogen (secondary N) is 1. The van der Waals surface area contributed by atoms with Crippen LogP contribution in [0, 0.1) is 5.92 Å². The van der Waals surface area contributed by atoms with Gasteiger partial charge in [0.15, 0.2) is 0 Å². The van der Waals surface area contributed by atoms with Crippen LogP contribution in [0.25, 0.3) is 0 Å². The van der Waals surface area contributed by atoms with Crippen LogP contribution < -0.4 is 5.32 Å². The van der Waals surface area contributed by atoms with Crippen molar-refractivity contribution in [3.05, 3.63) is 34.3 Å². The SMILES string of the molecule is CC(C)CNC(C)(C(=O)O)c1cccc(Br)c1. The summed E-state index contributed by atoms with van der Waals surface area (Å²) < 4.78 is 0.883. The van der Waals surface area contributed by atoms with Gasteiger partial charge < -0.3 is 5.11 Å². The van der Waals surface area contributed by atoms with E-state index in [-0.39, 0.29) is 0 Å². The summed E-state index contributed by atoms with van der Waals surface area (Å²) in [7, 11) is 0. The molecule has 1 atom stereocenters. The molecule has 0 bridgehead atoms. The molecule has 0 aliphatic rings. The molecular formula is C13H18BrNO2. The first kappa shape index (κ1) is 14.2. The summed E-state index contributed by atoms with van der Waals surface area (Å²) in [5, 5.41) is 12.5. The van der Waals surface area contributed by atoms with Crippen molar-refractivity contribution in [3.8, 4) is 0 Å². The van der Waals surface area contributed by atoms with Crippen molar-refractivity contribution < 1.29 is 9.90 Å². The minimum absolute atomic E-state index is 0.404. The predicted molar refractivity (Wildman–Crippen MR) is 72.0 cm³/mol. The number of halogens is 1. The highest BCUT2D eigenvalue weighted by Gasteiger charge is 2.34. The molecule has 0 aliphatic heterocycles. The summed E-state index contributed by atoms with van der Waals surface area (Å²) in [6.45, 7) is 6.46. The van der Waals surface area contributed by atoms with Gasteiger partial charge in [-0.3, -0.25) is 5.32 Å². The van der Waals surface area contributed by atoms with Crippen molar-refractivity contribution in [2.45, 2.75) is 26.3 Å². The van der Waals surface area contributed by atoms with Crippen molar-refractivity contribution in [2.75, 3.05) is 6.54 Å². The molecule has 2 N–H and O–H groups in total.